The number of rotatable bonds is 10. The number of hydrogen-bond donors (Lipinski definition) is 0. The molecule has 2 nitrogen and oxygen atoms in total. The van der Waals surface area contributed by atoms with E-state index in [2.05, 4.69) is 16.5 Å². The molecule has 1 heterocycles. The van der Waals surface area contributed by atoms with Crippen LogP contribution in [-0.2, 0) is 19.4 Å². The normalized spacial score (nSPS) is 11.7. The van der Waals surface area contributed by atoms with E-state index in [0.29, 0.717) is 0 Å². The molecule has 4 heteroatoms. The van der Waals surface area contributed by atoms with Gasteiger partial charge in [-0.25, -0.2) is 13.8 Å². The van der Waals surface area contributed by atoms with Crippen LogP contribution in [0.3, 0.4) is 0 Å². The SMILES string of the molecule is CC(CCCc1ccc(F)cc1)(CCCc1ccc(F)cc1)Cn1ccnc1. The summed E-state index contributed by atoms with van der Waals surface area (Å²) in [7, 11) is 0. The predicted molar refractivity (Wildman–Crippen MR) is 109 cm³/mol. The molecule has 0 aliphatic rings. The van der Waals surface area contributed by atoms with Crippen molar-refractivity contribution in [2.75, 3.05) is 0 Å². The second kappa shape index (κ2) is 9.63. The molecular formula is C24H28F2N2. The highest BCUT2D eigenvalue weighted by Gasteiger charge is 2.24. The van der Waals surface area contributed by atoms with Crippen LogP contribution < -0.4 is 0 Å². The highest BCUT2D eigenvalue weighted by molar-refractivity contribution is 5.17. The molecule has 0 atom stereocenters. The maximum absolute atomic E-state index is 13.1. The van der Waals surface area contributed by atoms with Gasteiger partial charge in [-0.2, -0.15) is 0 Å². The highest BCUT2D eigenvalue weighted by Crippen LogP contribution is 2.32. The Labute approximate surface area is 166 Å². The van der Waals surface area contributed by atoms with E-state index in [-0.39, 0.29) is 17.0 Å². The van der Waals surface area contributed by atoms with E-state index in [1.165, 1.54) is 35.4 Å². The summed E-state index contributed by atoms with van der Waals surface area (Å²) in [6.07, 6.45) is 11.9. The Kier molecular flexibility index (Phi) is 6.96. The highest BCUT2D eigenvalue weighted by atomic mass is 19.1. The standard InChI is InChI=1S/C24H28F2N2/c1-24(18-28-17-16-27-19-28,14-2-4-20-6-10-22(25)11-7-20)15-3-5-21-8-12-23(26)13-9-21/h6-13,16-17,19H,2-5,14-15,18H2,1H3. The molecule has 0 fully saturated rings. The molecule has 3 rings (SSSR count). The van der Waals surface area contributed by atoms with Crippen LogP contribution in [0.5, 0.6) is 0 Å². The average Bonchev–Trinajstić information content (AvgIpc) is 3.18. The summed E-state index contributed by atoms with van der Waals surface area (Å²) in [5, 5.41) is 0. The van der Waals surface area contributed by atoms with Crippen LogP contribution in [0.4, 0.5) is 8.78 Å². The Morgan fingerprint density at radius 1 is 0.821 bits per heavy atom. The Morgan fingerprint density at radius 3 is 1.75 bits per heavy atom. The minimum atomic E-state index is -0.186. The van der Waals surface area contributed by atoms with Crippen molar-refractivity contribution < 1.29 is 8.78 Å². The molecule has 1 aromatic heterocycles. The van der Waals surface area contributed by atoms with Crippen molar-refractivity contribution in [3.05, 3.63) is 90.0 Å². The fourth-order valence-electron chi connectivity index (χ4n) is 3.84. The summed E-state index contributed by atoms with van der Waals surface area (Å²) in [5.74, 6) is -0.371. The van der Waals surface area contributed by atoms with Gasteiger partial charge in [-0.05, 0) is 79.3 Å². The van der Waals surface area contributed by atoms with Gasteiger partial charge in [-0.3, -0.25) is 0 Å². The first-order chi connectivity index (χ1) is 13.5. The fourth-order valence-corrected chi connectivity index (χ4v) is 3.84. The third-order valence-corrected chi connectivity index (χ3v) is 5.44. The van der Waals surface area contributed by atoms with E-state index in [1.807, 2.05) is 43.0 Å². The van der Waals surface area contributed by atoms with Crippen molar-refractivity contribution in [3.63, 3.8) is 0 Å². The largest absolute Gasteiger partial charge is 0.337 e. The number of benzene rings is 2. The maximum atomic E-state index is 13.1. The molecule has 0 radical (unpaired) electrons. The number of aromatic nitrogens is 2. The number of hydrogen-bond acceptors (Lipinski definition) is 1. The van der Waals surface area contributed by atoms with Crippen LogP contribution in [0.25, 0.3) is 0 Å². The molecule has 0 unspecified atom stereocenters. The van der Waals surface area contributed by atoms with Crippen molar-refractivity contribution >= 4 is 0 Å². The van der Waals surface area contributed by atoms with Crippen LogP contribution >= 0.6 is 0 Å². The molecule has 0 amide bonds. The van der Waals surface area contributed by atoms with Gasteiger partial charge < -0.3 is 4.57 Å². The quantitative estimate of drug-likeness (QED) is 0.407. The van der Waals surface area contributed by atoms with Gasteiger partial charge >= 0.3 is 0 Å². The monoisotopic (exact) mass is 382 g/mol. The van der Waals surface area contributed by atoms with E-state index in [1.54, 1.807) is 0 Å². The van der Waals surface area contributed by atoms with E-state index in [4.69, 9.17) is 0 Å². The number of nitrogens with zero attached hydrogens (tertiary/aromatic N) is 2. The molecule has 0 aliphatic carbocycles. The Bertz CT molecular complexity index is 773. The van der Waals surface area contributed by atoms with Gasteiger partial charge in [0.05, 0.1) is 6.33 Å². The lowest BCUT2D eigenvalue weighted by Gasteiger charge is -2.30. The summed E-state index contributed by atoms with van der Waals surface area (Å²) >= 11 is 0. The molecular weight excluding hydrogens is 354 g/mol. The number of halogens is 2. The van der Waals surface area contributed by atoms with Crippen LogP contribution in [-0.4, -0.2) is 9.55 Å². The Balaban J connectivity index is 1.56. The second-order valence-corrected chi connectivity index (χ2v) is 8.01. The van der Waals surface area contributed by atoms with Crippen molar-refractivity contribution in [3.8, 4) is 0 Å². The van der Waals surface area contributed by atoms with Crippen molar-refractivity contribution in [1.82, 2.24) is 9.55 Å². The van der Waals surface area contributed by atoms with Crippen LogP contribution in [0, 0.1) is 17.0 Å². The van der Waals surface area contributed by atoms with Crippen molar-refractivity contribution in [2.24, 2.45) is 5.41 Å². The second-order valence-electron chi connectivity index (χ2n) is 8.01. The molecule has 2 aromatic carbocycles. The zero-order chi connectivity index (χ0) is 19.8. The van der Waals surface area contributed by atoms with Gasteiger partial charge in [0.2, 0.25) is 0 Å². The van der Waals surface area contributed by atoms with Crippen molar-refractivity contribution in [2.45, 2.75) is 52.0 Å². The van der Waals surface area contributed by atoms with Gasteiger partial charge in [-0.15, -0.1) is 0 Å². The van der Waals surface area contributed by atoms with E-state index in [0.717, 1.165) is 45.1 Å². The smallest absolute Gasteiger partial charge is 0.123 e. The van der Waals surface area contributed by atoms with Gasteiger partial charge in [0.1, 0.15) is 11.6 Å². The first kappa shape index (κ1) is 20.2. The summed E-state index contributed by atoms with van der Waals surface area (Å²) in [6, 6.07) is 13.6. The molecule has 0 saturated heterocycles. The molecule has 0 bridgehead atoms. The summed E-state index contributed by atoms with van der Waals surface area (Å²) in [5.41, 5.74) is 2.51. The third-order valence-electron chi connectivity index (χ3n) is 5.44. The minimum absolute atomic E-state index is 0.154. The predicted octanol–water partition coefficient (Wildman–Crippen LogP) is 6.21. The van der Waals surface area contributed by atoms with Gasteiger partial charge in [-0.1, -0.05) is 31.2 Å². The van der Waals surface area contributed by atoms with Crippen LogP contribution in [0.15, 0.2) is 67.3 Å². The van der Waals surface area contributed by atoms with Crippen LogP contribution in [0.1, 0.15) is 43.7 Å². The Morgan fingerprint density at radius 2 is 1.32 bits per heavy atom. The third kappa shape index (κ3) is 6.29. The molecule has 28 heavy (non-hydrogen) atoms. The summed E-state index contributed by atoms with van der Waals surface area (Å²) in [4.78, 5) is 4.17. The fraction of sp³-hybridized carbons (Fsp3) is 0.375. The van der Waals surface area contributed by atoms with Gasteiger partial charge in [0.15, 0.2) is 0 Å². The lowest BCUT2D eigenvalue weighted by atomic mass is 9.79. The molecule has 0 N–H and O–H groups in total. The first-order valence-electron chi connectivity index (χ1n) is 9.97. The first-order valence-corrected chi connectivity index (χ1v) is 9.97. The zero-order valence-corrected chi connectivity index (χ0v) is 16.5. The minimum Gasteiger partial charge on any atom is -0.337 e. The van der Waals surface area contributed by atoms with E-state index < -0.39 is 0 Å². The molecule has 0 aliphatic heterocycles. The van der Waals surface area contributed by atoms with E-state index in [9.17, 15) is 8.78 Å². The number of imidazole rings is 1. The summed E-state index contributed by atoms with van der Waals surface area (Å²) < 4.78 is 28.3. The zero-order valence-electron chi connectivity index (χ0n) is 16.5. The summed E-state index contributed by atoms with van der Waals surface area (Å²) in [6.45, 7) is 3.27. The Hall–Kier alpha value is -2.49. The van der Waals surface area contributed by atoms with E-state index >= 15 is 0 Å². The van der Waals surface area contributed by atoms with Gasteiger partial charge in [0.25, 0.3) is 0 Å². The average molecular weight is 382 g/mol. The van der Waals surface area contributed by atoms with Crippen LogP contribution in [0.2, 0.25) is 0 Å². The lowest BCUT2D eigenvalue weighted by Crippen LogP contribution is -2.23. The molecule has 0 spiro atoms. The van der Waals surface area contributed by atoms with Crippen molar-refractivity contribution in [1.29, 1.82) is 0 Å². The lowest BCUT2D eigenvalue weighted by molar-refractivity contribution is 0.217. The molecule has 0 saturated carbocycles. The number of aryl methyl sites for hydroxylation is 2. The van der Waals surface area contributed by atoms with Gasteiger partial charge in [0, 0.05) is 18.9 Å². The molecule has 3 aromatic rings. The topological polar surface area (TPSA) is 17.8 Å². The maximum Gasteiger partial charge on any atom is 0.123 e. The molecule has 148 valence electrons.